The molecule has 2 atom stereocenters. The molecule has 1 heterocycles. The van der Waals surface area contributed by atoms with E-state index in [1.54, 1.807) is 6.92 Å². The summed E-state index contributed by atoms with van der Waals surface area (Å²) >= 11 is 0. The lowest BCUT2D eigenvalue weighted by atomic mass is 10.1. The van der Waals surface area contributed by atoms with E-state index in [0.717, 1.165) is 5.56 Å². The van der Waals surface area contributed by atoms with E-state index in [0.29, 0.717) is 6.61 Å². The second-order valence-corrected chi connectivity index (χ2v) is 2.82. The van der Waals surface area contributed by atoms with Gasteiger partial charge < -0.3 is 9.47 Å². The number of rotatable bonds is 1. The maximum Gasteiger partial charge on any atom is 0.155 e. The minimum atomic E-state index is -1.18. The van der Waals surface area contributed by atoms with Crippen LogP contribution in [-0.2, 0) is 9.47 Å². The van der Waals surface area contributed by atoms with Crippen molar-refractivity contribution in [2.24, 2.45) is 0 Å². The Kier molecular flexibility index (Phi) is 1.80. The largest absolute Gasteiger partial charge is 0.350 e. The molecule has 0 N–H and O–H groups in total. The van der Waals surface area contributed by atoms with Crippen molar-refractivity contribution in [3.63, 3.8) is 0 Å². The summed E-state index contributed by atoms with van der Waals surface area (Å²) < 4.78 is 18.1. The average molecular weight is 165 g/mol. The predicted octanol–water partition coefficient (Wildman–Crippen LogP) is 2.12. The van der Waals surface area contributed by atoms with Crippen molar-refractivity contribution in [3.8, 4) is 0 Å². The summed E-state index contributed by atoms with van der Waals surface area (Å²) in [4.78, 5) is 0. The van der Waals surface area contributed by atoms with Gasteiger partial charge in [-0.2, -0.15) is 0 Å². The Morgan fingerprint density at radius 3 is 2.75 bits per heavy atom. The molecule has 2 unspecified atom stereocenters. The first-order chi connectivity index (χ1) is 6.17. The van der Waals surface area contributed by atoms with Crippen LogP contribution >= 0.6 is 0 Å². The summed E-state index contributed by atoms with van der Waals surface area (Å²) in [7, 11) is 0. The molecule has 2 nitrogen and oxygen atoms in total. The summed E-state index contributed by atoms with van der Waals surface area (Å²) in [6.45, 7) is 2.07. The van der Waals surface area contributed by atoms with Gasteiger partial charge in [0.15, 0.2) is 6.27 Å². The summed E-state index contributed by atoms with van der Waals surface area (Å²) in [6, 6.07) is 9.83. The van der Waals surface area contributed by atoms with Crippen LogP contribution in [-0.4, -0.2) is 12.9 Å². The van der Waals surface area contributed by atoms with Crippen LogP contribution in [0.2, 0.25) is 0 Å². The van der Waals surface area contributed by atoms with E-state index in [2.05, 4.69) is 0 Å². The minimum absolute atomic E-state index is 0.0938. The molecule has 2 rings (SSSR count). The zero-order valence-electron chi connectivity index (χ0n) is 7.99. The third kappa shape index (κ3) is 1.49. The van der Waals surface area contributed by atoms with Gasteiger partial charge in [0.1, 0.15) is 6.10 Å². The number of hydrogen-bond donors (Lipinski definition) is 0. The van der Waals surface area contributed by atoms with E-state index in [1.165, 1.54) is 0 Å². The fraction of sp³-hybridized carbons (Fsp3) is 0.400. The highest BCUT2D eigenvalue weighted by Gasteiger charge is 2.23. The summed E-state index contributed by atoms with van der Waals surface area (Å²) in [5.74, 6) is 0. The van der Waals surface area contributed by atoms with E-state index in [4.69, 9.17) is 10.8 Å². The minimum Gasteiger partial charge on any atom is -0.350 e. The highest BCUT2D eigenvalue weighted by atomic mass is 16.7. The normalized spacial score (nSPS) is 36.4. The summed E-state index contributed by atoms with van der Waals surface area (Å²) in [6.07, 6.45) is -1.27. The topological polar surface area (TPSA) is 18.5 Å². The Balaban J connectivity index is 2.13. The van der Waals surface area contributed by atoms with Crippen molar-refractivity contribution in [1.82, 2.24) is 0 Å². The monoisotopic (exact) mass is 165 g/mol. The molecule has 0 saturated carbocycles. The van der Waals surface area contributed by atoms with Crippen molar-refractivity contribution in [3.05, 3.63) is 35.9 Å². The maximum atomic E-state index is 7.52. The first-order valence-corrected chi connectivity index (χ1v) is 4.04. The molecule has 1 aromatic carbocycles. The van der Waals surface area contributed by atoms with Gasteiger partial charge in [-0.3, -0.25) is 0 Å². The Hall–Kier alpha value is -0.860. The molecule has 0 bridgehead atoms. The van der Waals surface area contributed by atoms with Gasteiger partial charge >= 0.3 is 0 Å². The van der Waals surface area contributed by atoms with Crippen molar-refractivity contribution in [2.45, 2.75) is 19.3 Å². The van der Waals surface area contributed by atoms with E-state index in [-0.39, 0.29) is 6.10 Å². The van der Waals surface area contributed by atoms with Crippen LogP contribution in [0.4, 0.5) is 0 Å². The van der Waals surface area contributed by atoms with Crippen molar-refractivity contribution in [1.29, 1.82) is 0 Å². The molecule has 1 aliphatic heterocycles. The highest BCUT2D eigenvalue weighted by Crippen LogP contribution is 2.25. The molecule has 0 aliphatic carbocycles. The van der Waals surface area contributed by atoms with Crippen LogP contribution in [0.5, 0.6) is 0 Å². The van der Waals surface area contributed by atoms with Gasteiger partial charge in [0, 0.05) is 0 Å². The first kappa shape index (κ1) is 6.63. The Bertz CT molecular complexity index is 284. The molecule has 2 heteroatoms. The van der Waals surface area contributed by atoms with Crippen LogP contribution < -0.4 is 0 Å². The number of benzene rings is 1. The lowest BCUT2D eigenvalue weighted by Crippen LogP contribution is -2.01. The molecule has 1 saturated heterocycles. The Morgan fingerprint density at radius 1 is 1.42 bits per heavy atom. The first-order valence-electron chi connectivity index (χ1n) is 4.54. The quantitative estimate of drug-likeness (QED) is 0.634. The van der Waals surface area contributed by atoms with Gasteiger partial charge in [0.05, 0.1) is 7.98 Å². The standard InChI is InChI=1S/C10H12O2/c1-8-11-7-10(12-8)9-5-3-2-4-6-9/h2-6,8,10H,7H2,1H3/i8D. The fourth-order valence-corrected chi connectivity index (χ4v) is 1.29. The van der Waals surface area contributed by atoms with E-state index in [9.17, 15) is 0 Å². The molecule has 12 heavy (non-hydrogen) atoms. The third-order valence-corrected chi connectivity index (χ3v) is 1.92. The molecule has 1 aromatic rings. The SMILES string of the molecule is [2H]C1(C)OCC(c2ccccc2)O1. The molecule has 0 amide bonds. The third-order valence-electron chi connectivity index (χ3n) is 1.92. The van der Waals surface area contributed by atoms with Crippen LogP contribution in [0.1, 0.15) is 20.0 Å². The zero-order chi connectivity index (χ0) is 9.31. The molecular weight excluding hydrogens is 152 g/mol. The van der Waals surface area contributed by atoms with Crippen LogP contribution in [0.3, 0.4) is 0 Å². The van der Waals surface area contributed by atoms with Crippen LogP contribution in [0.15, 0.2) is 30.3 Å². The second kappa shape index (κ2) is 3.25. The molecular formula is C10H12O2. The van der Waals surface area contributed by atoms with Gasteiger partial charge in [-0.05, 0) is 12.5 Å². The van der Waals surface area contributed by atoms with Gasteiger partial charge in [0.25, 0.3) is 0 Å². The van der Waals surface area contributed by atoms with E-state index in [1.807, 2.05) is 30.3 Å². The maximum absolute atomic E-state index is 7.52. The van der Waals surface area contributed by atoms with Gasteiger partial charge in [-0.1, -0.05) is 30.3 Å². The highest BCUT2D eigenvalue weighted by molar-refractivity contribution is 5.18. The van der Waals surface area contributed by atoms with Crippen molar-refractivity contribution < 1.29 is 10.8 Å². The van der Waals surface area contributed by atoms with Crippen molar-refractivity contribution >= 4 is 0 Å². The smallest absolute Gasteiger partial charge is 0.155 e. The molecule has 1 aliphatic rings. The van der Waals surface area contributed by atoms with Gasteiger partial charge in [0.2, 0.25) is 0 Å². The van der Waals surface area contributed by atoms with Crippen LogP contribution in [0.25, 0.3) is 0 Å². The summed E-state index contributed by atoms with van der Waals surface area (Å²) in [5.41, 5.74) is 1.07. The van der Waals surface area contributed by atoms with Crippen LogP contribution in [0, 0.1) is 0 Å². The van der Waals surface area contributed by atoms with Crippen molar-refractivity contribution in [2.75, 3.05) is 6.61 Å². The predicted molar refractivity (Wildman–Crippen MR) is 45.7 cm³/mol. The zero-order valence-corrected chi connectivity index (χ0v) is 6.99. The van der Waals surface area contributed by atoms with E-state index < -0.39 is 6.27 Å². The van der Waals surface area contributed by atoms with Gasteiger partial charge in [-0.25, -0.2) is 0 Å². The van der Waals surface area contributed by atoms with E-state index >= 15 is 0 Å². The lowest BCUT2D eigenvalue weighted by molar-refractivity contribution is -0.0426. The van der Waals surface area contributed by atoms with Gasteiger partial charge in [-0.15, -0.1) is 0 Å². The Labute approximate surface area is 73.5 Å². The molecule has 64 valence electrons. The molecule has 0 spiro atoms. The Morgan fingerprint density at radius 2 is 2.17 bits per heavy atom. The number of ether oxygens (including phenoxy) is 2. The molecule has 0 radical (unpaired) electrons. The lowest BCUT2D eigenvalue weighted by Gasteiger charge is -2.07. The summed E-state index contributed by atoms with van der Waals surface area (Å²) in [5, 5.41) is 0. The molecule has 1 fully saturated rings. The molecule has 0 aromatic heterocycles. The average Bonchev–Trinajstić information content (AvgIpc) is 2.48. The second-order valence-electron chi connectivity index (χ2n) is 2.82. The number of hydrogen-bond acceptors (Lipinski definition) is 2. The fourth-order valence-electron chi connectivity index (χ4n) is 1.29.